The lowest BCUT2D eigenvalue weighted by molar-refractivity contribution is -0.152. The smallest absolute Gasteiger partial charge is 0.313 e. The van der Waals surface area contributed by atoms with Crippen LogP contribution in [0.25, 0.3) is 0 Å². The van der Waals surface area contributed by atoms with E-state index in [1.165, 1.54) is 5.56 Å². The zero-order valence-corrected chi connectivity index (χ0v) is 16.1. The maximum absolute atomic E-state index is 12.4. The fourth-order valence-electron chi connectivity index (χ4n) is 3.46. The van der Waals surface area contributed by atoms with Crippen molar-refractivity contribution in [3.05, 3.63) is 59.7 Å². The molecule has 6 nitrogen and oxygen atoms in total. The van der Waals surface area contributed by atoms with Gasteiger partial charge in [0.1, 0.15) is 11.5 Å². The molecule has 6 heteroatoms. The fourth-order valence-corrected chi connectivity index (χ4v) is 3.46. The number of amides is 1. The van der Waals surface area contributed by atoms with Crippen molar-refractivity contribution >= 4 is 11.9 Å². The second-order valence-electron chi connectivity index (χ2n) is 7.03. The van der Waals surface area contributed by atoms with Crippen LogP contribution in [0, 0.1) is 11.3 Å². The Morgan fingerprint density at radius 1 is 1.04 bits per heavy atom. The lowest BCUT2D eigenvalue weighted by atomic mass is 9.93. The van der Waals surface area contributed by atoms with Crippen molar-refractivity contribution in [1.82, 2.24) is 5.48 Å². The predicted octanol–water partition coefficient (Wildman–Crippen LogP) is 3.66. The standard InChI is InChI=1S/C22H25NO5/c1-3-15-5-9-17(10-6-15)28-18-11-7-16(8-12-18)13-22(21(25)27-4-2)14-19(22)20(24)23-26/h5-12,19,26H,3-4,13-14H2,1-2H3,(H,23,24)/t19-,22+/m1/s1. The van der Waals surface area contributed by atoms with Crippen LogP contribution in [0.2, 0.25) is 0 Å². The van der Waals surface area contributed by atoms with E-state index in [2.05, 4.69) is 6.92 Å². The maximum atomic E-state index is 12.4. The summed E-state index contributed by atoms with van der Waals surface area (Å²) in [6, 6.07) is 15.4. The van der Waals surface area contributed by atoms with Crippen molar-refractivity contribution in [3.8, 4) is 11.5 Å². The van der Waals surface area contributed by atoms with Gasteiger partial charge in [0, 0.05) is 0 Å². The van der Waals surface area contributed by atoms with Crippen LogP contribution in [0.5, 0.6) is 11.5 Å². The van der Waals surface area contributed by atoms with Crippen LogP contribution in [0.15, 0.2) is 48.5 Å². The molecule has 1 saturated carbocycles. The van der Waals surface area contributed by atoms with Crippen LogP contribution < -0.4 is 10.2 Å². The molecule has 28 heavy (non-hydrogen) atoms. The zero-order chi connectivity index (χ0) is 20.1. The van der Waals surface area contributed by atoms with Gasteiger partial charge in [0.25, 0.3) is 0 Å². The lowest BCUT2D eigenvalue weighted by Gasteiger charge is -2.16. The molecule has 0 unspecified atom stereocenters. The van der Waals surface area contributed by atoms with Crippen molar-refractivity contribution in [3.63, 3.8) is 0 Å². The van der Waals surface area contributed by atoms with E-state index >= 15 is 0 Å². The molecule has 1 amide bonds. The summed E-state index contributed by atoms with van der Waals surface area (Å²) in [6.45, 7) is 4.08. The number of aryl methyl sites for hydroxylation is 1. The Balaban J connectivity index is 1.69. The number of hydrogen-bond donors (Lipinski definition) is 2. The van der Waals surface area contributed by atoms with Gasteiger partial charge in [-0.3, -0.25) is 14.8 Å². The molecule has 0 bridgehead atoms. The van der Waals surface area contributed by atoms with Crippen LogP contribution >= 0.6 is 0 Å². The number of ether oxygens (including phenoxy) is 2. The molecule has 0 aliphatic heterocycles. The van der Waals surface area contributed by atoms with Gasteiger partial charge >= 0.3 is 5.97 Å². The van der Waals surface area contributed by atoms with Crippen LogP contribution in [0.3, 0.4) is 0 Å². The first-order chi connectivity index (χ1) is 13.5. The van der Waals surface area contributed by atoms with Crippen LogP contribution in [-0.4, -0.2) is 23.7 Å². The predicted molar refractivity (Wildman–Crippen MR) is 103 cm³/mol. The third kappa shape index (κ3) is 4.17. The molecule has 3 rings (SSSR count). The van der Waals surface area contributed by atoms with Gasteiger partial charge in [0.15, 0.2) is 0 Å². The largest absolute Gasteiger partial charge is 0.466 e. The first kappa shape index (κ1) is 19.9. The maximum Gasteiger partial charge on any atom is 0.313 e. The van der Waals surface area contributed by atoms with E-state index in [0.29, 0.717) is 18.6 Å². The van der Waals surface area contributed by atoms with Crippen LogP contribution in [0.1, 0.15) is 31.4 Å². The molecule has 0 spiro atoms. The summed E-state index contributed by atoms with van der Waals surface area (Å²) in [5.41, 5.74) is 2.87. The molecule has 0 aromatic heterocycles. The molecule has 2 atom stereocenters. The molecular weight excluding hydrogens is 358 g/mol. The lowest BCUT2D eigenvalue weighted by Crippen LogP contribution is -2.30. The molecule has 148 valence electrons. The zero-order valence-electron chi connectivity index (χ0n) is 16.1. The molecule has 1 fully saturated rings. The fraction of sp³-hybridized carbons (Fsp3) is 0.364. The monoisotopic (exact) mass is 383 g/mol. The number of carbonyl (C=O) groups excluding carboxylic acids is 2. The third-order valence-corrected chi connectivity index (χ3v) is 5.19. The summed E-state index contributed by atoms with van der Waals surface area (Å²) >= 11 is 0. The summed E-state index contributed by atoms with van der Waals surface area (Å²) in [6.07, 6.45) is 1.71. The number of nitrogens with one attached hydrogen (secondary N) is 1. The van der Waals surface area contributed by atoms with E-state index in [1.54, 1.807) is 12.4 Å². The minimum atomic E-state index is -0.915. The number of benzene rings is 2. The average Bonchev–Trinajstić information content (AvgIpc) is 3.45. The second kappa shape index (κ2) is 8.44. The van der Waals surface area contributed by atoms with Crippen molar-refractivity contribution in [2.75, 3.05) is 6.61 Å². The minimum absolute atomic E-state index is 0.248. The summed E-state index contributed by atoms with van der Waals surface area (Å²) in [5, 5.41) is 8.90. The van der Waals surface area contributed by atoms with Gasteiger partial charge in [0.05, 0.1) is 17.9 Å². The Bertz CT molecular complexity index is 831. The number of rotatable bonds is 8. The van der Waals surface area contributed by atoms with Crippen molar-refractivity contribution in [2.45, 2.75) is 33.1 Å². The number of carbonyl (C=O) groups is 2. The van der Waals surface area contributed by atoms with E-state index in [1.807, 2.05) is 48.5 Å². The summed E-state index contributed by atoms with van der Waals surface area (Å²) < 4.78 is 11.0. The molecule has 2 aromatic carbocycles. The van der Waals surface area contributed by atoms with E-state index in [4.69, 9.17) is 14.7 Å². The minimum Gasteiger partial charge on any atom is -0.466 e. The normalized spacial score (nSPS) is 20.3. The van der Waals surface area contributed by atoms with E-state index in [-0.39, 0.29) is 6.61 Å². The molecule has 0 radical (unpaired) electrons. The molecular formula is C22H25NO5. The van der Waals surface area contributed by atoms with E-state index in [9.17, 15) is 9.59 Å². The highest BCUT2D eigenvalue weighted by Crippen LogP contribution is 2.56. The third-order valence-electron chi connectivity index (χ3n) is 5.19. The number of hydrogen-bond acceptors (Lipinski definition) is 5. The average molecular weight is 383 g/mol. The number of hydroxylamine groups is 1. The quantitative estimate of drug-likeness (QED) is 0.413. The Kier molecular flexibility index (Phi) is 5.99. The van der Waals surface area contributed by atoms with Gasteiger partial charge in [-0.25, -0.2) is 5.48 Å². The van der Waals surface area contributed by atoms with Gasteiger partial charge in [-0.2, -0.15) is 0 Å². The second-order valence-corrected chi connectivity index (χ2v) is 7.03. The number of esters is 1. The Labute approximate surface area is 164 Å². The first-order valence-corrected chi connectivity index (χ1v) is 9.49. The molecule has 2 aromatic rings. The molecule has 2 N–H and O–H groups in total. The van der Waals surface area contributed by atoms with Crippen LogP contribution in [-0.2, 0) is 27.2 Å². The summed E-state index contributed by atoms with van der Waals surface area (Å²) in [5.74, 6) is -0.0820. The van der Waals surface area contributed by atoms with Gasteiger partial charge in [-0.05, 0) is 61.6 Å². The van der Waals surface area contributed by atoms with Crippen molar-refractivity contribution in [2.24, 2.45) is 11.3 Å². The van der Waals surface area contributed by atoms with E-state index in [0.717, 1.165) is 17.7 Å². The van der Waals surface area contributed by atoms with Crippen molar-refractivity contribution in [1.29, 1.82) is 0 Å². The Morgan fingerprint density at radius 2 is 1.61 bits per heavy atom. The van der Waals surface area contributed by atoms with Gasteiger partial charge in [0.2, 0.25) is 5.91 Å². The summed E-state index contributed by atoms with van der Waals surface area (Å²) in [7, 11) is 0. The first-order valence-electron chi connectivity index (χ1n) is 9.49. The van der Waals surface area contributed by atoms with Crippen LogP contribution in [0.4, 0.5) is 0 Å². The molecule has 1 aliphatic carbocycles. The highest BCUT2D eigenvalue weighted by molar-refractivity contribution is 5.93. The molecule has 1 aliphatic rings. The SMILES string of the molecule is CCOC(=O)[C@@]1(Cc2ccc(Oc3ccc(CC)cc3)cc2)C[C@@H]1C(=O)NO. The van der Waals surface area contributed by atoms with Gasteiger partial charge < -0.3 is 9.47 Å². The Morgan fingerprint density at radius 3 is 2.11 bits per heavy atom. The summed E-state index contributed by atoms with van der Waals surface area (Å²) in [4.78, 5) is 24.2. The molecule has 0 saturated heterocycles. The van der Waals surface area contributed by atoms with Gasteiger partial charge in [-0.1, -0.05) is 31.2 Å². The van der Waals surface area contributed by atoms with E-state index < -0.39 is 23.2 Å². The Hall–Kier alpha value is -2.86. The van der Waals surface area contributed by atoms with Gasteiger partial charge in [-0.15, -0.1) is 0 Å². The topological polar surface area (TPSA) is 84.9 Å². The highest BCUT2D eigenvalue weighted by atomic mass is 16.5. The molecule has 0 heterocycles. The highest BCUT2D eigenvalue weighted by Gasteiger charge is 2.64. The van der Waals surface area contributed by atoms with Crippen molar-refractivity contribution < 1.29 is 24.3 Å².